The van der Waals surface area contributed by atoms with Crippen molar-refractivity contribution >= 4 is 39.5 Å². The number of aromatic nitrogens is 4. The van der Waals surface area contributed by atoms with Gasteiger partial charge in [-0.1, -0.05) is 0 Å². The van der Waals surface area contributed by atoms with E-state index < -0.39 is 23.8 Å². The summed E-state index contributed by atoms with van der Waals surface area (Å²) < 4.78 is 45.1. The van der Waals surface area contributed by atoms with Gasteiger partial charge in [-0.25, -0.2) is 22.7 Å². The lowest BCUT2D eigenvalue weighted by Crippen LogP contribution is -2.26. The number of rotatable bonds is 4. The Morgan fingerprint density at radius 3 is 2.69 bits per heavy atom. The van der Waals surface area contributed by atoms with Crippen molar-refractivity contribution < 1.29 is 13.2 Å². The van der Waals surface area contributed by atoms with E-state index in [2.05, 4.69) is 31.0 Å². The van der Waals surface area contributed by atoms with Gasteiger partial charge in [0, 0.05) is 22.7 Å². The number of imidazole rings is 1. The van der Waals surface area contributed by atoms with Gasteiger partial charge in [0.2, 0.25) is 0 Å². The molecule has 0 bridgehead atoms. The van der Waals surface area contributed by atoms with E-state index in [1.807, 2.05) is 24.3 Å². The van der Waals surface area contributed by atoms with Crippen LogP contribution in [0.15, 0.2) is 59.3 Å². The van der Waals surface area contributed by atoms with Gasteiger partial charge in [0.25, 0.3) is 0 Å². The summed E-state index contributed by atoms with van der Waals surface area (Å²) in [5.74, 6) is -0.666. The van der Waals surface area contributed by atoms with E-state index in [4.69, 9.17) is 0 Å². The molecular formula is C23H17BrF3N5. The van der Waals surface area contributed by atoms with Crippen molar-refractivity contribution in [1.82, 2.24) is 19.6 Å². The molecular weight excluding hydrogens is 483 g/mol. The van der Waals surface area contributed by atoms with Gasteiger partial charge >= 0.3 is 0 Å². The number of fused-ring (bicyclic) bond motifs is 1. The Kier molecular flexibility index (Phi) is 5.42. The molecule has 1 fully saturated rings. The second-order valence-electron chi connectivity index (χ2n) is 7.55. The summed E-state index contributed by atoms with van der Waals surface area (Å²) in [5, 5.41) is 4.62. The molecule has 0 spiro atoms. The molecule has 0 N–H and O–H groups in total. The van der Waals surface area contributed by atoms with Crippen LogP contribution in [0.4, 0.5) is 19.0 Å². The molecule has 5 nitrogen and oxygen atoms in total. The van der Waals surface area contributed by atoms with Crippen molar-refractivity contribution in [3.05, 3.63) is 87.9 Å². The molecule has 0 aliphatic carbocycles. The molecule has 2 atom stereocenters. The van der Waals surface area contributed by atoms with E-state index in [1.165, 1.54) is 0 Å². The summed E-state index contributed by atoms with van der Waals surface area (Å²) in [5.41, 5.74) is 2.21. The highest BCUT2D eigenvalue weighted by Crippen LogP contribution is 2.38. The first kappa shape index (κ1) is 20.7. The van der Waals surface area contributed by atoms with Crippen molar-refractivity contribution in [2.45, 2.75) is 18.6 Å². The highest BCUT2D eigenvalue weighted by molar-refractivity contribution is 9.10. The monoisotopic (exact) mass is 499 g/mol. The van der Waals surface area contributed by atoms with Gasteiger partial charge in [0.1, 0.15) is 23.6 Å². The number of hydrogen-bond acceptors (Lipinski definition) is 4. The lowest BCUT2D eigenvalue weighted by molar-refractivity contribution is 0.355. The molecule has 4 heterocycles. The van der Waals surface area contributed by atoms with E-state index in [-0.39, 0.29) is 18.5 Å². The fourth-order valence-corrected chi connectivity index (χ4v) is 4.14. The van der Waals surface area contributed by atoms with E-state index in [1.54, 1.807) is 33.9 Å². The van der Waals surface area contributed by atoms with Gasteiger partial charge in [-0.3, -0.25) is 4.98 Å². The van der Waals surface area contributed by atoms with Crippen molar-refractivity contribution in [1.29, 1.82) is 0 Å². The summed E-state index contributed by atoms with van der Waals surface area (Å²) >= 11 is 3.36. The minimum Gasteiger partial charge on any atom is -0.345 e. The molecule has 9 heteroatoms. The van der Waals surface area contributed by atoms with Crippen LogP contribution in [-0.2, 0) is 0 Å². The number of pyridine rings is 1. The zero-order valence-electron chi connectivity index (χ0n) is 16.7. The van der Waals surface area contributed by atoms with Crippen LogP contribution in [0.25, 0.3) is 17.8 Å². The number of alkyl halides is 1. The third kappa shape index (κ3) is 4.00. The highest BCUT2D eigenvalue weighted by atomic mass is 79.9. The maximum absolute atomic E-state index is 14.4. The quantitative estimate of drug-likeness (QED) is 0.365. The number of hydrogen-bond donors (Lipinski definition) is 0. The van der Waals surface area contributed by atoms with Gasteiger partial charge in [0.15, 0.2) is 5.65 Å². The molecule has 5 rings (SSSR count). The average Bonchev–Trinajstić information content (AvgIpc) is 3.38. The zero-order valence-corrected chi connectivity index (χ0v) is 18.3. The van der Waals surface area contributed by atoms with Crippen LogP contribution >= 0.6 is 15.9 Å². The minimum absolute atomic E-state index is 0.0435. The van der Waals surface area contributed by atoms with Gasteiger partial charge in [0.05, 0.1) is 30.2 Å². The summed E-state index contributed by atoms with van der Waals surface area (Å²) in [6.07, 6.45) is 5.93. The van der Waals surface area contributed by atoms with Gasteiger partial charge in [-0.2, -0.15) is 0 Å². The van der Waals surface area contributed by atoms with Crippen LogP contribution in [0.2, 0.25) is 0 Å². The molecule has 4 aromatic rings. The average molecular weight is 500 g/mol. The lowest BCUT2D eigenvalue weighted by Gasteiger charge is -2.26. The van der Waals surface area contributed by atoms with Gasteiger partial charge < -0.3 is 4.90 Å². The smallest absolute Gasteiger partial charge is 0.154 e. The molecule has 0 unspecified atom stereocenters. The van der Waals surface area contributed by atoms with E-state index in [0.717, 1.165) is 28.4 Å². The second-order valence-corrected chi connectivity index (χ2v) is 8.46. The van der Waals surface area contributed by atoms with Crippen LogP contribution in [0.3, 0.4) is 0 Å². The van der Waals surface area contributed by atoms with Crippen LogP contribution in [0.5, 0.6) is 0 Å². The fraction of sp³-hybridized carbons (Fsp3) is 0.174. The number of nitrogens with zero attached hydrogens (tertiary/aromatic N) is 5. The Labute approximate surface area is 190 Å². The third-order valence-corrected chi connectivity index (χ3v) is 5.88. The molecule has 0 saturated carbocycles. The molecule has 0 amide bonds. The topological polar surface area (TPSA) is 46.3 Å². The van der Waals surface area contributed by atoms with Crippen molar-refractivity contribution in [2.24, 2.45) is 0 Å². The van der Waals surface area contributed by atoms with E-state index in [0.29, 0.717) is 17.2 Å². The maximum atomic E-state index is 14.4. The molecule has 1 aromatic carbocycles. The molecule has 162 valence electrons. The van der Waals surface area contributed by atoms with Crippen LogP contribution in [0.1, 0.15) is 29.4 Å². The largest absolute Gasteiger partial charge is 0.345 e. The molecule has 1 saturated heterocycles. The molecule has 0 radical (unpaired) electrons. The first-order valence-electron chi connectivity index (χ1n) is 9.98. The molecule has 1 aliphatic heterocycles. The Morgan fingerprint density at radius 1 is 1.00 bits per heavy atom. The van der Waals surface area contributed by atoms with Gasteiger partial charge in [-0.05, 0) is 70.5 Å². The van der Waals surface area contributed by atoms with Crippen LogP contribution in [-0.4, -0.2) is 32.3 Å². The number of anilines is 1. The SMILES string of the molecule is Fc1ccc(F)c([C@H]2C[C@H](F)CN2c2ccc3ncc(/C=C/c4ccc(Br)cn4)n3n2)c1. The summed E-state index contributed by atoms with van der Waals surface area (Å²) in [6, 6.07) is 9.84. The summed E-state index contributed by atoms with van der Waals surface area (Å²) in [6.45, 7) is 0.0435. The fourth-order valence-electron chi connectivity index (χ4n) is 3.91. The molecule has 32 heavy (non-hydrogen) atoms. The first-order valence-corrected chi connectivity index (χ1v) is 10.8. The minimum atomic E-state index is -1.18. The predicted molar refractivity (Wildman–Crippen MR) is 120 cm³/mol. The Morgan fingerprint density at radius 2 is 1.88 bits per heavy atom. The Balaban J connectivity index is 1.50. The number of benzene rings is 1. The van der Waals surface area contributed by atoms with Crippen LogP contribution < -0.4 is 4.90 Å². The van der Waals surface area contributed by atoms with Crippen LogP contribution in [0, 0.1) is 11.6 Å². The molecule has 1 aliphatic rings. The zero-order chi connectivity index (χ0) is 22.2. The van der Waals surface area contributed by atoms with Crippen molar-refractivity contribution in [2.75, 3.05) is 11.4 Å². The van der Waals surface area contributed by atoms with E-state index >= 15 is 0 Å². The maximum Gasteiger partial charge on any atom is 0.154 e. The first-order chi connectivity index (χ1) is 15.5. The Bertz CT molecular complexity index is 1300. The Hall–Kier alpha value is -3.20. The van der Waals surface area contributed by atoms with Crippen molar-refractivity contribution in [3.63, 3.8) is 0 Å². The van der Waals surface area contributed by atoms with Gasteiger partial charge in [-0.15, -0.1) is 5.10 Å². The van der Waals surface area contributed by atoms with E-state index in [9.17, 15) is 13.2 Å². The summed E-state index contributed by atoms with van der Waals surface area (Å²) in [4.78, 5) is 10.3. The normalized spacial score (nSPS) is 18.8. The highest BCUT2D eigenvalue weighted by Gasteiger charge is 2.36. The molecule has 3 aromatic heterocycles. The predicted octanol–water partition coefficient (Wildman–Crippen LogP) is 5.62. The standard InChI is InChI=1S/C23H17BrF3N5/c24-14-1-3-17(28-11-14)4-5-18-12-29-22-7-8-23(30-32(18)22)31-13-16(26)10-21(31)19-9-15(25)2-6-20(19)27/h1-9,11-12,16,21H,10,13H2/b5-4+/t16-,21+/m0/s1. The number of halogens is 4. The third-order valence-electron chi connectivity index (χ3n) is 5.41. The summed E-state index contributed by atoms with van der Waals surface area (Å²) in [7, 11) is 0. The lowest BCUT2D eigenvalue weighted by atomic mass is 10.0. The second kappa shape index (κ2) is 8.38. The van der Waals surface area contributed by atoms with Crippen molar-refractivity contribution in [3.8, 4) is 0 Å².